The molecule has 0 aliphatic carbocycles. The van der Waals surface area contributed by atoms with Crippen LogP contribution < -0.4 is 9.62 Å². The van der Waals surface area contributed by atoms with Crippen LogP contribution in [-0.2, 0) is 15.2 Å². The number of thioether (sulfide) groups is 1. The highest BCUT2D eigenvalue weighted by Gasteiger charge is 2.25. The number of nitrogens with one attached hydrogen (secondary N) is 1. The maximum Gasteiger partial charge on any atom is 0.326 e. The van der Waals surface area contributed by atoms with Crippen LogP contribution in [0.2, 0.25) is 0 Å². The Kier molecular flexibility index (Phi) is 9.07. The van der Waals surface area contributed by atoms with E-state index in [1.54, 1.807) is 42.7 Å². The minimum absolute atomic E-state index is 0.314. The van der Waals surface area contributed by atoms with Gasteiger partial charge in [-0.05, 0) is 59.9 Å². The van der Waals surface area contributed by atoms with Crippen LogP contribution in [0.3, 0.4) is 0 Å². The molecule has 3 rings (SSSR count). The number of anilines is 2. The molecule has 2 aromatic carbocycles. The summed E-state index contributed by atoms with van der Waals surface area (Å²) in [6, 6.07) is 16.7. The molecule has 0 bridgehead atoms. The van der Waals surface area contributed by atoms with E-state index in [1.165, 1.54) is 16.1 Å². The molecule has 0 aliphatic heterocycles. The van der Waals surface area contributed by atoms with Crippen molar-refractivity contribution >= 4 is 57.1 Å². The number of carboxylic acid groups (broad SMARTS) is 1. The summed E-state index contributed by atoms with van der Waals surface area (Å²) in [5.41, 5.74) is 2.77. The highest BCUT2D eigenvalue weighted by molar-refractivity contribution is 8.64. The summed E-state index contributed by atoms with van der Waals surface area (Å²) in [6.07, 6.45) is 5.38. The lowest BCUT2D eigenvalue weighted by Gasteiger charge is -2.23. The molecule has 0 spiro atoms. The number of aliphatic carboxylic acids is 1. The summed E-state index contributed by atoms with van der Waals surface area (Å²) in [5.74, 6) is -0.965. The second kappa shape index (κ2) is 12.0. The first kappa shape index (κ1) is 25.0. The largest absolute Gasteiger partial charge is 0.581 e. The van der Waals surface area contributed by atoms with Crippen molar-refractivity contribution in [1.29, 1.82) is 0 Å². The van der Waals surface area contributed by atoms with E-state index in [2.05, 4.69) is 22.0 Å². The number of aromatic nitrogens is 1. The van der Waals surface area contributed by atoms with E-state index in [0.717, 1.165) is 5.56 Å². The van der Waals surface area contributed by atoms with Crippen LogP contribution in [-0.4, -0.2) is 44.6 Å². The Morgan fingerprint density at radius 3 is 2.55 bits per heavy atom. The number of nitrogens with zero attached hydrogens (tertiary/aromatic N) is 2. The van der Waals surface area contributed by atoms with Gasteiger partial charge in [0.05, 0.1) is 11.9 Å². The molecule has 0 saturated carbocycles. The van der Waals surface area contributed by atoms with E-state index in [4.69, 9.17) is 0 Å². The van der Waals surface area contributed by atoms with E-state index in [1.807, 2.05) is 36.6 Å². The Morgan fingerprint density at radius 2 is 1.94 bits per heavy atom. The van der Waals surface area contributed by atoms with E-state index < -0.39 is 28.3 Å². The standard InChI is InChI=1S/C23H23N3O4S3/c1-32-13-11-21(23(28)29)25-22(27)19-10-9-17(14-20(19)16-6-3-2-4-7-16)26(33(30)31)18-8-5-12-24-15-18/h2-10,12,14-15,21H,11,13H2,1H3,(H,25,27)(H,28,29)(H,30,31)/t21-,33?/m0/s1. The van der Waals surface area contributed by atoms with Crippen molar-refractivity contribution in [2.45, 2.75) is 12.5 Å². The minimum atomic E-state index is -1.70. The normalized spacial score (nSPS) is 12.6. The number of thiol groups is 1. The second-order valence-corrected chi connectivity index (χ2v) is 9.73. The van der Waals surface area contributed by atoms with E-state index in [0.29, 0.717) is 34.7 Å². The summed E-state index contributed by atoms with van der Waals surface area (Å²) >= 11 is 5.64. The molecule has 0 radical (unpaired) electrons. The van der Waals surface area contributed by atoms with Gasteiger partial charge in [-0.25, -0.2) is 4.79 Å². The molecule has 1 heterocycles. The zero-order valence-corrected chi connectivity index (χ0v) is 20.3. The first-order chi connectivity index (χ1) is 15.9. The second-order valence-electron chi connectivity index (χ2n) is 6.98. The Balaban J connectivity index is 2.04. The summed E-state index contributed by atoms with van der Waals surface area (Å²) in [7, 11) is -1.70. The van der Waals surface area contributed by atoms with Gasteiger partial charge in [0, 0.05) is 11.8 Å². The number of amides is 1. The van der Waals surface area contributed by atoms with Crippen molar-refractivity contribution < 1.29 is 19.2 Å². The van der Waals surface area contributed by atoms with Crippen LogP contribution in [0.1, 0.15) is 16.8 Å². The fraction of sp³-hybridized carbons (Fsp3) is 0.174. The van der Waals surface area contributed by atoms with Gasteiger partial charge in [-0.3, -0.25) is 9.78 Å². The van der Waals surface area contributed by atoms with Crippen molar-refractivity contribution in [1.82, 2.24) is 10.3 Å². The summed E-state index contributed by atoms with van der Waals surface area (Å²) < 4.78 is 13.9. The molecule has 2 atom stereocenters. The molecular weight excluding hydrogens is 478 g/mol. The minimum Gasteiger partial charge on any atom is -0.581 e. The van der Waals surface area contributed by atoms with Gasteiger partial charge < -0.3 is 15.0 Å². The van der Waals surface area contributed by atoms with Gasteiger partial charge in [0.15, 0.2) is 0 Å². The van der Waals surface area contributed by atoms with Gasteiger partial charge >= 0.3 is 5.97 Å². The Morgan fingerprint density at radius 1 is 1.18 bits per heavy atom. The smallest absolute Gasteiger partial charge is 0.326 e. The Labute approximate surface area is 204 Å². The third-order valence-electron chi connectivity index (χ3n) is 4.82. The highest BCUT2D eigenvalue weighted by Crippen LogP contribution is 2.35. The predicted molar refractivity (Wildman–Crippen MR) is 137 cm³/mol. The fourth-order valence-corrected chi connectivity index (χ4v) is 4.86. The summed E-state index contributed by atoms with van der Waals surface area (Å²) in [4.78, 5) is 28.8. The number of hydrogen-bond donors (Lipinski definition) is 3. The Hall–Kier alpha value is -2.66. The number of carbonyl (C=O) groups is 2. The van der Waals surface area contributed by atoms with Gasteiger partial charge in [0.2, 0.25) is 0 Å². The zero-order valence-electron chi connectivity index (χ0n) is 17.7. The van der Waals surface area contributed by atoms with Crippen LogP contribution in [0.25, 0.3) is 11.1 Å². The van der Waals surface area contributed by atoms with Crippen LogP contribution in [0.4, 0.5) is 11.4 Å². The average Bonchev–Trinajstić information content (AvgIpc) is 2.82. The van der Waals surface area contributed by atoms with E-state index in [9.17, 15) is 19.2 Å². The van der Waals surface area contributed by atoms with E-state index >= 15 is 0 Å². The SMILES string of the molecule is CSCC[C@H](NC(=O)c1ccc(N(c2cccnc2)[S+]([O-])S)cc1-c1ccccc1)C(=O)O. The molecule has 10 heteroatoms. The van der Waals surface area contributed by atoms with Crippen LogP contribution in [0, 0.1) is 0 Å². The first-order valence-electron chi connectivity index (χ1n) is 9.95. The van der Waals surface area contributed by atoms with Crippen molar-refractivity contribution in [3.05, 3.63) is 78.6 Å². The molecule has 1 unspecified atom stereocenters. The number of carbonyl (C=O) groups excluding carboxylic acids is 1. The maximum atomic E-state index is 13.1. The number of benzene rings is 2. The fourth-order valence-electron chi connectivity index (χ4n) is 3.25. The zero-order chi connectivity index (χ0) is 23.8. The molecule has 0 aliphatic rings. The molecule has 1 amide bonds. The van der Waals surface area contributed by atoms with Crippen molar-refractivity contribution in [3.63, 3.8) is 0 Å². The molecule has 3 aromatic rings. The Bertz CT molecular complexity index is 1080. The van der Waals surface area contributed by atoms with Crippen molar-refractivity contribution in [2.24, 2.45) is 0 Å². The van der Waals surface area contributed by atoms with Gasteiger partial charge in [0.25, 0.3) is 5.91 Å². The van der Waals surface area contributed by atoms with Gasteiger partial charge in [-0.1, -0.05) is 30.3 Å². The van der Waals surface area contributed by atoms with Gasteiger partial charge in [-0.2, -0.15) is 16.1 Å². The predicted octanol–water partition coefficient (Wildman–Crippen LogP) is 4.33. The maximum absolute atomic E-state index is 13.1. The van der Waals surface area contributed by atoms with Crippen LogP contribution in [0.5, 0.6) is 0 Å². The number of hydrogen-bond acceptors (Lipinski definition) is 7. The topological polar surface area (TPSA) is 106 Å². The molecule has 1 aromatic heterocycles. The lowest BCUT2D eigenvalue weighted by atomic mass is 9.98. The number of rotatable bonds is 10. The van der Waals surface area contributed by atoms with Crippen LogP contribution >= 0.6 is 23.4 Å². The van der Waals surface area contributed by atoms with Gasteiger partial charge in [-0.15, -0.1) is 0 Å². The van der Waals surface area contributed by atoms with Gasteiger partial charge in [0.1, 0.15) is 33.8 Å². The quantitative estimate of drug-likeness (QED) is 0.216. The highest BCUT2D eigenvalue weighted by atomic mass is 33.1. The third-order valence-corrected chi connectivity index (χ3v) is 6.69. The summed E-state index contributed by atoms with van der Waals surface area (Å²) in [6.45, 7) is 0. The van der Waals surface area contributed by atoms with Crippen LogP contribution in [0.15, 0.2) is 73.1 Å². The van der Waals surface area contributed by atoms with Crippen molar-refractivity contribution in [2.75, 3.05) is 16.3 Å². The molecule has 0 fully saturated rings. The third kappa shape index (κ3) is 6.44. The first-order valence-corrected chi connectivity index (χ1v) is 13.5. The average molecular weight is 502 g/mol. The molecule has 7 nitrogen and oxygen atoms in total. The summed E-state index contributed by atoms with van der Waals surface area (Å²) in [5, 5.41) is 12.1. The molecule has 172 valence electrons. The van der Waals surface area contributed by atoms with E-state index in [-0.39, 0.29) is 0 Å². The number of pyridine rings is 1. The molecule has 33 heavy (non-hydrogen) atoms. The molecular formula is C23H23N3O4S3. The molecule has 0 saturated heterocycles. The lowest BCUT2D eigenvalue weighted by molar-refractivity contribution is -0.139. The van der Waals surface area contributed by atoms with Crippen molar-refractivity contribution in [3.8, 4) is 11.1 Å². The number of carboxylic acids is 1. The monoisotopic (exact) mass is 501 g/mol. The molecule has 2 N–H and O–H groups in total. The lowest BCUT2D eigenvalue weighted by Crippen LogP contribution is -2.41.